The second-order valence-electron chi connectivity index (χ2n) is 4.56. The summed E-state index contributed by atoms with van der Waals surface area (Å²) in [6.07, 6.45) is 0. The van der Waals surface area contributed by atoms with Gasteiger partial charge in [0, 0.05) is 6.54 Å². The van der Waals surface area contributed by atoms with Crippen LogP contribution in [0.2, 0.25) is 5.02 Å². The zero-order valence-corrected chi connectivity index (χ0v) is 14.9. The number of benzene rings is 2. The van der Waals surface area contributed by atoms with Gasteiger partial charge in [-0.2, -0.15) is 0 Å². The van der Waals surface area contributed by atoms with Crippen LogP contribution in [0.5, 0.6) is 11.5 Å². The van der Waals surface area contributed by atoms with E-state index in [0.717, 1.165) is 31.7 Å². The van der Waals surface area contributed by atoms with Crippen LogP contribution >= 0.6 is 43.5 Å². The third-order valence-corrected chi connectivity index (χ3v) is 5.08. The number of hydrogen-bond acceptors (Lipinski definition) is 3. The Bertz CT molecular complexity index is 679. The molecule has 0 saturated carbocycles. The molecule has 6 heteroatoms. The van der Waals surface area contributed by atoms with Crippen molar-refractivity contribution in [1.29, 1.82) is 0 Å². The third-order valence-electron chi connectivity index (χ3n) is 3.09. The Balaban J connectivity index is 1.79. The zero-order valence-electron chi connectivity index (χ0n) is 11.0. The quantitative estimate of drug-likeness (QED) is 0.717. The molecule has 0 fully saturated rings. The molecule has 1 N–H and O–H groups in total. The average Bonchev–Trinajstić information content (AvgIpc) is 2.49. The Morgan fingerprint density at radius 3 is 2.81 bits per heavy atom. The van der Waals surface area contributed by atoms with Crippen LogP contribution in [-0.2, 0) is 6.54 Å². The van der Waals surface area contributed by atoms with E-state index in [-0.39, 0.29) is 0 Å². The number of fused-ring (bicyclic) bond motifs is 1. The van der Waals surface area contributed by atoms with Crippen molar-refractivity contribution >= 4 is 49.1 Å². The Morgan fingerprint density at radius 1 is 1.14 bits per heavy atom. The molecule has 2 aromatic carbocycles. The lowest BCUT2D eigenvalue weighted by atomic mass is 10.2. The van der Waals surface area contributed by atoms with E-state index in [2.05, 4.69) is 37.2 Å². The fraction of sp³-hybridized carbons (Fsp3) is 0.200. The predicted octanol–water partition coefficient (Wildman–Crippen LogP) is 5.25. The van der Waals surface area contributed by atoms with Gasteiger partial charge < -0.3 is 14.8 Å². The van der Waals surface area contributed by atoms with Gasteiger partial charge in [0.25, 0.3) is 0 Å². The van der Waals surface area contributed by atoms with Crippen LogP contribution in [0.1, 0.15) is 5.56 Å². The van der Waals surface area contributed by atoms with E-state index in [4.69, 9.17) is 21.1 Å². The predicted molar refractivity (Wildman–Crippen MR) is 91.6 cm³/mol. The molecule has 0 unspecified atom stereocenters. The SMILES string of the molecule is Clc1cccc(NCc2cc(Br)c3c(c2)OCCO3)c1Br. The minimum absolute atomic E-state index is 0.580. The molecule has 3 nitrogen and oxygen atoms in total. The van der Waals surface area contributed by atoms with E-state index < -0.39 is 0 Å². The maximum absolute atomic E-state index is 6.08. The lowest BCUT2D eigenvalue weighted by Gasteiger charge is -2.20. The van der Waals surface area contributed by atoms with Gasteiger partial charge >= 0.3 is 0 Å². The summed E-state index contributed by atoms with van der Waals surface area (Å²) in [5.41, 5.74) is 2.05. The van der Waals surface area contributed by atoms with E-state index in [9.17, 15) is 0 Å². The number of hydrogen-bond donors (Lipinski definition) is 1. The summed E-state index contributed by atoms with van der Waals surface area (Å²) in [6.45, 7) is 1.82. The van der Waals surface area contributed by atoms with Gasteiger partial charge in [-0.3, -0.25) is 0 Å². The summed E-state index contributed by atoms with van der Waals surface area (Å²) in [7, 11) is 0. The normalized spacial score (nSPS) is 13.1. The smallest absolute Gasteiger partial charge is 0.175 e. The molecule has 0 saturated heterocycles. The summed E-state index contributed by atoms with van der Waals surface area (Å²) in [6, 6.07) is 9.75. The van der Waals surface area contributed by atoms with Crippen molar-refractivity contribution in [2.75, 3.05) is 18.5 Å². The molecule has 110 valence electrons. The molecule has 0 spiro atoms. The summed E-state index contributed by atoms with van der Waals surface area (Å²) >= 11 is 13.1. The van der Waals surface area contributed by atoms with Crippen LogP contribution in [0.3, 0.4) is 0 Å². The fourth-order valence-electron chi connectivity index (χ4n) is 2.10. The number of rotatable bonds is 3. The van der Waals surface area contributed by atoms with Gasteiger partial charge in [0.1, 0.15) is 13.2 Å². The van der Waals surface area contributed by atoms with Crippen molar-refractivity contribution in [1.82, 2.24) is 0 Å². The van der Waals surface area contributed by atoms with Gasteiger partial charge in [-0.15, -0.1) is 0 Å². The topological polar surface area (TPSA) is 30.5 Å². The summed E-state index contributed by atoms with van der Waals surface area (Å²) in [4.78, 5) is 0. The molecule has 1 heterocycles. The minimum Gasteiger partial charge on any atom is -0.486 e. The Kier molecular flexibility index (Phi) is 4.62. The molecule has 0 bridgehead atoms. The molecular formula is C15H12Br2ClNO2. The molecule has 0 aromatic heterocycles. The van der Waals surface area contributed by atoms with Crippen molar-refractivity contribution in [2.45, 2.75) is 6.54 Å². The minimum atomic E-state index is 0.580. The maximum Gasteiger partial charge on any atom is 0.175 e. The van der Waals surface area contributed by atoms with E-state index >= 15 is 0 Å². The van der Waals surface area contributed by atoms with Gasteiger partial charge in [0.05, 0.1) is 19.7 Å². The maximum atomic E-state index is 6.08. The molecule has 0 atom stereocenters. The van der Waals surface area contributed by atoms with Gasteiger partial charge in [0.2, 0.25) is 0 Å². The first-order valence-corrected chi connectivity index (χ1v) is 8.37. The largest absolute Gasteiger partial charge is 0.486 e. The van der Waals surface area contributed by atoms with Crippen molar-refractivity contribution in [3.05, 3.63) is 49.9 Å². The Hall–Kier alpha value is -0.910. The average molecular weight is 434 g/mol. The highest BCUT2D eigenvalue weighted by Gasteiger charge is 2.16. The first-order valence-electron chi connectivity index (χ1n) is 6.41. The molecular weight excluding hydrogens is 421 g/mol. The van der Waals surface area contributed by atoms with Crippen LogP contribution in [0.25, 0.3) is 0 Å². The molecule has 21 heavy (non-hydrogen) atoms. The molecule has 3 rings (SSSR count). The van der Waals surface area contributed by atoms with Crippen molar-refractivity contribution < 1.29 is 9.47 Å². The second-order valence-corrected chi connectivity index (χ2v) is 6.61. The van der Waals surface area contributed by atoms with Crippen LogP contribution in [0.15, 0.2) is 39.3 Å². The Labute approximate surface area is 144 Å². The summed E-state index contributed by atoms with van der Waals surface area (Å²) in [5.74, 6) is 1.55. The van der Waals surface area contributed by atoms with Gasteiger partial charge in [-0.05, 0) is 61.7 Å². The summed E-state index contributed by atoms with van der Waals surface area (Å²) < 4.78 is 13.0. The molecule has 0 radical (unpaired) electrons. The van der Waals surface area contributed by atoms with Gasteiger partial charge in [-0.1, -0.05) is 17.7 Å². The molecule has 2 aromatic rings. The second kappa shape index (κ2) is 6.46. The number of anilines is 1. The number of halogens is 3. The van der Waals surface area contributed by atoms with Gasteiger partial charge in [-0.25, -0.2) is 0 Å². The molecule has 0 aliphatic carbocycles. The van der Waals surface area contributed by atoms with Crippen LogP contribution in [0.4, 0.5) is 5.69 Å². The number of nitrogens with one attached hydrogen (secondary N) is 1. The van der Waals surface area contributed by atoms with Crippen LogP contribution in [0, 0.1) is 0 Å². The highest BCUT2D eigenvalue weighted by Crippen LogP contribution is 2.39. The van der Waals surface area contributed by atoms with E-state index in [0.29, 0.717) is 24.8 Å². The van der Waals surface area contributed by atoms with Crippen LogP contribution in [-0.4, -0.2) is 13.2 Å². The standard InChI is InChI=1S/C15H12Br2ClNO2/c16-10-6-9(7-13-15(10)21-5-4-20-13)8-19-12-3-1-2-11(18)14(12)17/h1-3,6-7,19H,4-5,8H2. The first-order chi connectivity index (χ1) is 10.1. The Morgan fingerprint density at radius 2 is 1.95 bits per heavy atom. The molecule has 1 aliphatic heterocycles. The van der Waals surface area contributed by atoms with Crippen molar-refractivity contribution in [2.24, 2.45) is 0 Å². The lowest BCUT2D eigenvalue weighted by Crippen LogP contribution is -2.16. The van der Waals surface area contributed by atoms with Crippen LogP contribution < -0.4 is 14.8 Å². The highest BCUT2D eigenvalue weighted by atomic mass is 79.9. The van der Waals surface area contributed by atoms with E-state index in [1.54, 1.807) is 0 Å². The van der Waals surface area contributed by atoms with Crippen molar-refractivity contribution in [3.8, 4) is 11.5 Å². The molecule has 1 aliphatic rings. The zero-order chi connectivity index (χ0) is 14.8. The number of ether oxygens (including phenoxy) is 2. The highest BCUT2D eigenvalue weighted by molar-refractivity contribution is 9.11. The molecule has 0 amide bonds. The lowest BCUT2D eigenvalue weighted by molar-refractivity contribution is 0.170. The monoisotopic (exact) mass is 431 g/mol. The van der Waals surface area contributed by atoms with Crippen molar-refractivity contribution in [3.63, 3.8) is 0 Å². The fourth-order valence-corrected chi connectivity index (χ4v) is 3.29. The van der Waals surface area contributed by atoms with Gasteiger partial charge in [0.15, 0.2) is 11.5 Å². The summed E-state index contributed by atoms with van der Waals surface area (Å²) in [5, 5.41) is 4.04. The third kappa shape index (κ3) is 3.30. The van der Waals surface area contributed by atoms with E-state index in [1.807, 2.05) is 30.3 Å². The first kappa shape index (κ1) is 15.0. The van der Waals surface area contributed by atoms with E-state index in [1.165, 1.54) is 0 Å².